The van der Waals surface area contributed by atoms with Crippen LogP contribution < -0.4 is 5.73 Å². The summed E-state index contributed by atoms with van der Waals surface area (Å²) in [7, 11) is 0. The van der Waals surface area contributed by atoms with Crippen molar-refractivity contribution in [2.75, 3.05) is 5.73 Å². The van der Waals surface area contributed by atoms with E-state index in [2.05, 4.69) is 14.8 Å². The summed E-state index contributed by atoms with van der Waals surface area (Å²) < 4.78 is 2.22. The predicted molar refractivity (Wildman–Crippen MR) is 62.8 cm³/mol. The van der Waals surface area contributed by atoms with Gasteiger partial charge in [0.2, 0.25) is 0 Å². The first kappa shape index (κ1) is 9.39. The topological polar surface area (TPSA) is 56.7 Å². The normalized spacial score (nSPS) is 14.8. The molecule has 0 saturated heterocycles. The van der Waals surface area contributed by atoms with E-state index in [1.807, 2.05) is 24.3 Å². The van der Waals surface area contributed by atoms with Crippen molar-refractivity contribution < 1.29 is 0 Å². The number of rotatable bonds is 1. The highest BCUT2D eigenvalue weighted by Gasteiger charge is 2.16. The average Bonchev–Trinajstić information content (AvgIpc) is 2.74. The number of benzene rings is 1. The molecule has 0 atom stereocenters. The van der Waals surface area contributed by atoms with Crippen LogP contribution >= 0.6 is 0 Å². The van der Waals surface area contributed by atoms with Crippen LogP contribution in [0, 0.1) is 0 Å². The maximum atomic E-state index is 5.68. The summed E-state index contributed by atoms with van der Waals surface area (Å²) in [4.78, 5) is 0. The van der Waals surface area contributed by atoms with Gasteiger partial charge in [-0.3, -0.25) is 0 Å². The molecule has 0 bridgehead atoms. The minimum atomic E-state index is 0.780. The van der Waals surface area contributed by atoms with Crippen molar-refractivity contribution in [1.82, 2.24) is 14.8 Å². The molecule has 4 heteroatoms. The molecule has 3 rings (SSSR count). The van der Waals surface area contributed by atoms with Gasteiger partial charge in [0.15, 0.2) is 5.82 Å². The second-order valence-corrected chi connectivity index (χ2v) is 4.17. The van der Waals surface area contributed by atoms with Crippen molar-refractivity contribution >= 4 is 5.69 Å². The van der Waals surface area contributed by atoms with Gasteiger partial charge in [0.05, 0.1) is 0 Å². The van der Waals surface area contributed by atoms with E-state index >= 15 is 0 Å². The Morgan fingerprint density at radius 2 is 1.88 bits per heavy atom. The van der Waals surface area contributed by atoms with Crippen molar-refractivity contribution in [3.63, 3.8) is 0 Å². The van der Waals surface area contributed by atoms with E-state index in [-0.39, 0.29) is 0 Å². The summed E-state index contributed by atoms with van der Waals surface area (Å²) in [5.41, 5.74) is 7.55. The van der Waals surface area contributed by atoms with Crippen LogP contribution in [0.25, 0.3) is 11.4 Å². The molecule has 82 valence electrons. The molecule has 2 aromatic rings. The molecule has 1 aliphatic rings. The summed E-state index contributed by atoms with van der Waals surface area (Å²) in [6.07, 6.45) is 3.48. The van der Waals surface area contributed by atoms with Crippen LogP contribution in [-0.2, 0) is 13.0 Å². The number of anilines is 1. The zero-order valence-electron chi connectivity index (χ0n) is 9.06. The van der Waals surface area contributed by atoms with Crippen LogP contribution in [0.2, 0.25) is 0 Å². The van der Waals surface area contributed by atoms with Crippen LogP contribution in [0.1, 0.15) is 18.7 Å². The van der Waals surface area contributed by atoms with Crippen molar-refractivity contribution in [1.29, 1.82) is 0 Å². The van der Waals surface area contributed by atoms with Gasteiger partial charge in [-0.15, -0.1) is 10.2 Å². The Hall–Kier alpha value is -1.84. The summed E-state index contributed by atoms with van der Waals surface area (Å²) in [6, 6.07) is 7.81. The Bertz CT molecular complexity index is 498. The highest BCUT2D eigenvalue weighted by Crippen LogP contribution is 2.23. The number of fused-ring (bicyclic) bond motifs is 1. The molecule has 1 aromatic carbocycles. The largest absolute Gasteiger partial charge is 0.399 e. The predicted octanol–water partition coefficient (Wildman–Crippen LogP) is 1.86. The lowest BCUT2D eigenvalue weighted by Crippen LogP contribution is -2.11. The summed E-state index contributed by atoms with van der Waals surface area (Å²) in [6.45, 7) is 1.03. The Morgan fingerprint density at radius 3 is 2.69 bits per heavy atom. The van der Waals surface area contributed by atoms with E-state index in [0.29, 0.717) is 0 Å². The number of nitrogens with two attached hydrogens (primary N) is 1. The van der Waals surface area contributed by atoms with Crippen LogP contribution in [0.3, 0.4) is 0 Å². The summed E-state index contributed by atoms with van der Waals surface area (Å²) >= 11 is 0. The Labute approximate surface area is 94.1 Å². The smallest absolute Gasteiger partial charge is 0.163 e. The van der Waals surface area contributed by atoms with Crippen LogP contribution in [-0.4, -0.2) is 14.8 Å². The first-order valence-corrected chi connectivity index (χ1v) is 5.62. The maximum absolute atomic E-state index is 5.68. The van der Waals surface area contributed by atoms with Crippen molar-refractivity contribution in [2.45, 2.75) is 25.8 Å². The molecule has 2 N–H and O–H groups in total. The zero-order valence-corrected chi connectivity index (χ0v) is 9.06. The fourth-order valence-corrected chi connectivity index (χ4v) is 2.15. The molecule has 1 aliphatic heterocycles. The van der Waals surface area contributed by atoms with Crippen molar-refractivity contribution in [3.05, 3.63) is 30.1 Å². The molecule has 1 aromatic heterocycles. The van der Waals surface area contributed by atoms with E-state index in [9.17, 15) is 0 Å². The molecule has 0 fully saturated rings. The van der Waals surface area contributed by atoms with Gasteiger partial charge in [0.25, 0.3) is 0 Å². The second-order valence-electron chi connectivity index (χ2n) is 4.17. The standard InChI is InChI=1S/C12H14N4/c13-10-6-4-9(5-7-10)12-15-14-11-3-1-2-8-16(11)12/h4-7H,1-3,8,13H2. The number of aryl methyl sites for hydroxylation is 1. The molecule has 0 unspecified atom stereocenters. The lowest BCUT2D eigenvalue weighted by Gasteiger charge is -2.14. The summed E-state index contributed by atoms with van der Waals surface area (Å²) in [5.74, 6) is 2.08. The monoisotopic (exact) mass is 214 g/mol. The first-order valence-electron chi connectivity index (χ1n) is 5.62. The molecule has 2 heterocycles. The number of hydrogen-bond acceptors (Lipinski definition) is 3. The number of aromatic nitrogens is 3. The Morgan fingerprint density at radius 1 is 1.06 bits per heavy atom. The molecule has 0 spiro atoms. The fourth-order valence-electron chi connectivity index (χ4n) is 2.15. The van der Waals surface area contributed by atoms with Gasteiger partial charge in [-0.25, -0.2) is 0 Å². The van der Waals surface area contributed by atoms with Gasteiger partial charge in [0.1, 0.15) is 5.82 Å². The third-order valence-electron chi connectivity index (χ3n) is 3.03. The SMILES string of the molecule is Nc1ccc(-c2nnc3n2CCCC3)cc1. The highest BCUT2D eigenvalue weighted by atomic mass is 15.3. The van der Waals surface area contributed by atoms with Gasteiger partial charge in [-0.1, -0.05) is 0 Å². The second kappa shape index (κ2) is 3.63. The summed E-state index contributed by atoms with van der Waals surface area (Å²) in [5, 5.41) is 8.51. The van der Waals surface area contributed by atoms with Crippen LogP contribution in [0.5, 0.6) is 0 Å². The van der Waals surface area contributed by atoms with Gasteiger partial charge in [-0.05, 0) is 37.1 Å². The highest BCUT2D eigenvalue weighted by molar-refractivity contribution is 5.59. The number of hydrogen-bond donors (Lipinski definition) is 1. The van der Waals surface area contributed by atoms with Gasteiger partial charge in [-0.2, -0.15) is 0 Å². The number of nitrogen functional groups attached to an aromatic ring is 1. The van der Waals surface area contributed by atoms with Crippen LogP contribution in [0.15, 0.2) is 24.3 Å². The van der Waals surface area contributed by atoms with E-state index < -0.39 is 0 Å². The van der Waals surface area contributed by atoms with E-state index in [0.717, 1.165) is 35.9 Å². The zero-order chi connectivity index (χ0) is 11.0. The maximum Gasteiger partial charge on any atom is 0.163 e. The first-order chi connectivity index (χ1) is 7.84. The molecule has 0 saturated carbocycles. The third-order valence-corrected chi connectivity index (χ3v) is 3.03. The fraction of sp³-hybridized carbons (Fsp3) is 0.333. The van der Waals surface area contributed by atoms with E-state index in [4.69, 9.17) is 5.73 Å². The van der Waals surface area contributed by atoms with Gasteiger partial charge in [0, 0.05) is 24.2 Å². The minimum absolute atomic E-state index is 0.780. The molecule has 0 amide bonds. The van der Waals surface area contributed by atoms with Crippen molar-refractivity contribution in [2.24, 2.45) is 0 Å². The molecule has 4 nitrogen and oxygen atoms in total. The van der Waals surface area contributed by atoms with E-state index in [1.165, 1.54) is 12.8 Å². The molecule has 0 aliphatic carbocycles. The van der Waals surface area contributed by atoms with Gasteiger partial charge >= 0.3 is 0 Å². The van der Waals surface area contributed by atoms with Crippen molar-refractivity contribution in [3.8, 4) is 11.4 Å². The Kier molecular flexibility index (Phi) is 2.13. The van der Waals surface area contributed by atoms with E-state index in [1.54, 1.807) is 0 Å². The molecular formula is C12H14N4. The van der Waals surface area contributed by atoms with Crippen LogP contribution in [0.4, 0.5) is 5.69 Å². The average molecular weight is 214 g/mol. The quantitative estimate of drug-likeness (QED) is 0.737. The third kappa shape index (κ3) is 1.46. The Balaban J connectivity index is 2.06. The lowest BCUT2D eigenvalue weighted by molar-refractivity contribution is 0.526. The number of nitrogens with zero attached hydrogens (tertiary/aromatic N) is 3. The lowest BCUT2D eigenvalue weighted by atomic mass is 10.1. The molecule has 16 heavy (non-hydrogen) atoms. The minimum Gasteiger partial charge on any atom is -0.399 e. The molecular weight excluding hydrogens is 200 g/mol. The molecule has 0 radical (unpaired) electrons. The van der Waals surface area contributed by atoms with Gasteiger partial charge < -0.3 is 10.3 Å².